The Bertz CT molecular complexity index is 416. The number of thiophene rings is 1. The normalized spacial score (nSPS) is 22.6. The van der Waals surface area contributed by atoms with Crippen molar-refractivity contribution in [2.75, 3.05) is 0 Å². The molecule has 1 fully saturated rings. The van der Waals surface area contributed by atoms with Crippen LogP contribution in [0.2, 0.25) is 0 Å². The molecule has 20 heavy (non-hydrogen) atoms. The Morgan fingerprint density at radius 3 is 2.50 bits per heavy atom. The maximum atomic E-state index is 6.42. The molecule has 2 rings (SSSR count). The van der Waals surface area contributed by atoms with E-state index >= 15 is 0 Å². The molecule has 0 saturated heterocycles. The van der Waals surface area contributed by atoms with Gasteiger partial charge in [0.15, 0.2) is 0 Å². The molecule has 2 unspecified atom stereocenters. The molecule has 1 heterocycles. The van der Waals surface area contributed by atoms with Crippen LogP contribution in [0.4, 0.5) is 0 Å². The molecule has 1 aliphatic rings. The molecule has 1 saturated carbocycles. The summed E-state index contributed by atoms with van der Waals surface area (Å²) in [5.41, 5.74) is 6.80. The summed E-state index contributed by atoms with van der Waals surface area (Å²) in [5.74, 6) is 0. The Balaban J connectivity index is 2.02. The molecule has 0 radical (unpaired) electrons. The fraction of sp³-hybridized carbons (Fsp3) is 0.765. The van der Waals surface area contributed by atoms with Gasteiger partial charge in [-0.15, -0.1) is 11.3 Å². The van der Waals surface area contributed by atoms with Crippen LogP contribution in [0, 0.1) is 12.3 Å². The lowest BCUT2D eigenvalue weighted by atomic mass is 9.76. The summed E-state index contributed by atoms with van der Waals surface area (Å²) in [4.78, 5) is 2.63. The van der Waals surface area contributed by atoms with E-state index in [-0.39, 0.29) is 12.1 Å². The van der Waals surface area contributed by atoms with Gasteiger partial charge in [-0.3, -0.25) is 0 Å². The van der Waals surface area contributed by atoms with Crippen LogP contribution in [0.3, 0.4) is 0 Å². The van der Waals surface area contributed by atoms with Gasteiger partial charge in [-0.25, -0.2) is 0 Å². The SMILES string of the molecule is CCC(N)C(OC1CCC(C)(C)CC1)c1ccc(C)s1. The summed E-state index contributed by atoms with van der Waals surface area (Å²) < 4.78 is 6.42. The number of rotatable bonds is 5. The van der Waals surface area contributed by atoms with E-state index in [1.165, 1.54) is 35.4 Å². The summed E-state index contributed by atoms with van der Waals surface area (Å²) in [7, 11) is 0. The average Bonchev–Trinajstić information content (AvgIpc) is 2.83. The third kappa shape index (κ3) is 4.06. The standard InChI is InChI=1S/C17H29NOS/c1-5-14(18)16(15-7-6-12(2)20-15)19-13-8-10-17(3,4)11-9-13/h6-7,13-14,16H,5,8-11,18H2,1-4H3. The molecule has 0 aromatic carbocycles. The van der Waals surface area contributed by atoms with Crippen LogP contribution in [0.1, 0.15) is 68.7 Å². The lowest BCUT2D eigenvalue weighted by molar-refractivity contribution is -0.0559. The quantitative estimate of drug-likeness (QED) is 0.845. The van der Waals surface area contributed by atoms with Crippen LogP contribution in [-0.4, -0.2) is 12.1 Å². The largest absolute Gasteiger partial charge is 0.368 e. The van der Waals surface area contributed by atoms with E-state index in [9.17, 15) is 0 Å². The number of aryl methyl sites for hydroxylation is 1. The Morgan fingerprint density at radius 2 is 2.00 bits per heavy atom. The molecular formula is C17H29NOS. The van der Waals surface area contributed by atoms with E-state index in [0.29, 0.717) is 11.5 Å². The summed E-state index contributed by atoms with van der Waals surface area (Å²) >= 11 is 1.82. The van der Waals surface area contributed by atoms with Crippen LogP contribution in [-0.2, 0) is 4.74 Å². The fourth-order valence-corrected chi connectivity index (χ4v) is 3.91. The van der Waals surface area contributed by atoms with Gasteiger partial charge in [-0.1, -0.05) is 20.8 Å². The first-order valence-electron chi connectivity index (χ1n) is 7.88. The van der Waals surface area contributed by atoms with Gasteiger partial charge in [-0.2, -0.15) is 0 Å². The van der Waals surface area contributed by atoms with E-state index in [0.717, 1.165) is 6.42 Å². The van der Waals surface area contributed by atoms with Crippen molar-refractivity contribution in [1.82, 2.24) is 0 Å². The molecule has 114 valence electrons. The van der Waals surface area contributed by atoms with Gasteiger partial charge < -0.3 is 10.5 Å². The lowest BCUT2D eigenvalue weighted by Crippen LogP contribution is -2.34. The van der Waals surface area contributed by atoms with Gasteiger partial charge >= 0.3 is 0 Å². The van der Waals surface area contributed by atoms with Crippen molar-refractivity contribution in [2.45, 2.75) is 78.0 Å². The van der Waals surface area contributed by atoms with Crippen LogP contribution >= 0.6 is 11.3 Å². The molecule has 0 bridgehead atoms. The second-order valence-electron chi connectivity index (χ2n) is 6.94. The molecule has 1 aliphatic carbocycles. The molecule has 2 N–H and O–H groups in total. The number of hydrogen-bond acceptors (Lipinski definition) is 3. The van der Waals surface area contributed by atoms with Crippen LogP contribution in [0.15, 0.2) is 12.1 Å². The molecule has 2 atom stereocenters. The maximum absolute atomic E-state index is 6.42. The third-order valence-corrected chi connectivity index (χ3v) is 5.59. The van der Waals surface area contributed by atoms with E-state index in [1.807, 2.05) is 11.3 Å². The van der Waals surface area contributed by atoms with Crippen LogP contribution in [0.25, 0.3) is 0 Å². The lowest BCUT2D eigenvalue weighted by Gasteiger charge is -2.36. The van der Waals surface area contributed by atoms with Gasteiger partial charge in [0.2, 0.25) is 0 Å². The van der Waals surface area contributed by atoms with Gasteiger partial charge in [0.25, 0.3) is 0 Å². The molecule has 0 amide bonds. The highest BCUT2D eigenvalue weighted by Gasteiger charge is 2.31. The number of ether oxygens (including phenoxy) is 1. The fourth-order valence-electron chi connectivity index (χ4n) is 2.92. The number of hydrogen-bond donors (Lipinski definition) is 1. The van der Waals surface area contributed by atoms with E-state index in [4.69, 9.17) is 10.5 Å². The Hall–Kier alpha value is -0.380. The van der Waals surface area contributed by atoms with Crippen molar-refractivity contribution in [2.24, 2.45) is 11.1 Å². The first-order valence-corrected chi connectivity index (χ1v) is 8.70. The molecule has 0 aliphatic heterocycles. The first kappa shape index (κ1) is 16.0. The number of nitrogens with two attached hydrogens (primary N) is 1. The van der Waals surface area contributed by atoms with Crippen molar-refractivity contribution in [3.8, 4) is 0 Å². The van der Waals surface area contributed by atoms with Crippen molar-refractivity contribution in [3.05, 3.63) is 21.9 Å². The summed E-state index contributed by atoms with van der Waals surface area (Å²) in [6.45, 7) is 9.01. The second-order valence-corrected chi connectivity index (χ2v) is 8.26. The second kappa shape index (κ2) is 6.59. The molecule has 1 aromatic rings. The van der Waals surface area contributed by atoms with Gasteiger partial charge in [-0.05, 0) is 56.6 Å². The topological polar surface area (TPSA) is 35.2 Å². The molecule has 0 spiro atoms. The smallest absolute Gasteiger partial charge is 0.107 e. The summed E-state index contributed by atoms with van der Waals surface area (Å²) in [6.07, 6.45) is 6.27. The highest BCUT2D eigenvalue weighted by atomic mass is 32.1. The van der Waals surface area contributed by atoms with Crippen LogP contribution < -0.4 is 5.73 Å². The molecule has 1 aromatic heterocycles. The predicted octanol–water partition coefficient (Wildman–Crippen LogP) is 4.82. The maximum Gasteiger partial charge on any atom is 0.107 e. The zero-order chi connectivity index (χ0) is 14.8. The highest BCUT2D eigenvalue weighted by molar-refractivity contribution is 7.12. The highest BCUT2D eigenvalue weighted by Crippen LogP contribution is 2.39. The van der Waals surface area contributed by atoms with Crippen molar-refractivity contribution in [1.29, 1.82) is 0 Å². The average molecular weight is 295 g/mol. The Labute approximate surface area is 127 Å². The zero-order valence-electron chi connectivity index (χ0n) is 13.3. The summed E-state index contributed by atoms with van der Waals surface area (Å²) in [5, 5.41) is 0. The van der Waals surface area contributed by atoms with E-state index < -0.39 is 0 Å². The van der Waals surface area contributed by atoms with Gasteiger partial charge in [0.05, 0.1) is 6.10 Å². The van der Waals surface area contributed by atoms with Gasteiger partial charge in [0.1, 0.15) is 6.10 Å². The minimum atomic E-state index is 0.0740. The summed E-state index contributed by atoms with van der Waals surface area (Å²) in [6, 6.07) is 4.46. The van der Waals surface area contributed by atoms with E-state index in [1.54, 1.807) is 0 Å². The predicted molar refractivity (Wildman–Crippen MR) is 87.2 cm³/mol. The monoisotopic (exact) mass is 295 g/mol. The minimum absolute atomic E-state index is 0.0740. The minimum Gasteiger partial charge on any atom is -0.368 e. The third-order valence-electron chi connectivity index (χ3n) is 4.53. The van der Waals surface area contributed by atoms with Gasteiger partial charge in [0, 0.05) is 15.8 Å². The zero-order valence-corrected chi connectivity index (χ0v) is 14.1. The molecule has 2 nitrogen and oxygen atoms in total. The van der Waals surface area contributed by atoms with Crippen molar-refractivity contribution in [3.63, 3.8) is 0 Å². The molecular weight excluding hydrogens is 266 g/mol. The Morgan fingerprint density at radius 1 is 1.35 bits per heavy atom. The van der Waals surface area contributed by atoms with E-state index in [2.05, 4.69) is 39.8 Å². The first-order chi connectivity index (χ1) is 9.41. The molecule has 3 heteroatoms. The van der Waals surface area contributed by atoms with Crippen molar-refractivity contribution >= 4 is 11.3 Å². The van der Waals surface area contributed by atoms with Crippen LogP contribution in [0.5, 0.6) is 0 Å². The van der Waals surface area contributed by atoms with Crippen molar-refractivity contribution < 1.29 is 4.74 Å². The Kier molecular flexibility index (Phi) is 5.27.